The molecule has 0 atom stereocenters. The van der Waals surface area contributed by atoms with Crippen molar-refractivity contribution < 1.29 is 0 Å². The zero-order chi connectivity index (χ0) is 9.40. The molecule has 0 aliphatic rings. The lowest BCUT2D eigenvalue weighted by Gasteiger charge is -1.90. The third kappa shape index (κ3) is 7.25. The van der Waals surface area contributed by atoms with E-state index < -0.39 is 0 Å². The minimum Gasteiger partial charge on any atom is -0.328 e. The third-order valence-electron chi connectivity index (χ3n) is 1.08. The molecule has 0 unspecified atom stereocenters. The number of hydrogen-bond acceptors (Lipinski definition) is 2. The average Bonchev–Trinajstić information content (AvgIpc) is 2.05. The van der Waals surface area contributed by atoms with Crippen LogP contribution in [0.15, 0.2) is 30.3 Å². The van der Waals surface area contributed by atoms with Crippen molar-refractivity contribution in [3.63, 3.8) is 0 Å². The minimum atomic E-state index is 0.333. The van der Waals surface area contributed by atoms with Gasteiger partial charge in [-0.2, -0.15) is 0 Å². The van der Waals surface area contributed by atoms with Crippen molar-refractivity contribution in [3.05, 3.63) is 35.9 Å². The first kappa shape index (κ1) is 11.1. The van der Waals surface area contributed by atoms with Gasteiger partial charge in [0.25, 0.3) is 0 Å². The first-order valence-corrected chi connectivity index (χ1v) is 4.16. The Bertz CT molecular complexity index is 180. The third-order valence-corrected chi connectivity index (χ3v) is 1.08. The van der Waals surface area contributed by atoms with Gasteiger partial charge in [-0.05, 0) is 11.6 Å². The molecule has 0 aliphatic heterocycles. The van der Waals surface area contributed by atoms with Gasteiger partial charge in [0.05, 0.1) is 0 Å². The van der Waals surface area contributed by atoms with Crippen LogP contribution >= 0.6 is 0 Å². The number of rotatable bonds is 1. The van der Waals surface area contributed by atoms with Crippen molar-refractivity contribution in [3.8, 4) is 0 Å². The highest BCUT2D eigenvalue weighted by Crippen LogP contribution is 1.94. The van der Waals surface area contributed by atoms with Crippen LogP contribution in [0.1, 0.15) is 19.4 Å². The first-order valence-electron chi connectivity index (χ1n) is 4.16. The van der Waals surface area contributed by atoms with Crippen molar-refractivity contribution in [2.45, 2.75) is 26.4 Å². The van der Waals surface area contributed by atoms with Crippen LogP contribution in [0.3, 0.4) is 0 Å². The molecule has 4 N–H and O–H groups in total. The number of nitrogens with two attached hydrogens (primary N) is 2. The summed E-state index contributed by atoms with van der Waals surface area (Å²) in [5.41, 5.74) is 11.6. The number of benzene rings is 1. The molecule has 1 aromatic carbocycles. The molecule has 1 rings (SSSR count). The van der Waals surface area contributed by atoms with E-state index in [0.717, 1.165) is 0 Å². The molecule has 2 nitrogen and oxygen atoms in total. The fraction of sp³-hybridized carbons (Fsp3) is 0.400. The molecule has 0 aromatic heterocycles. The molecular weight excluding hydrogens is 148 g/mol. The Morgan fingerprint density at radius 1 is 1.17 bits per heavy atom. The first-order chi connectivity index (χ1) is 5.66. The van der Waals surface area contributed by atoms with Crippen LogP contribution < -0.4 is 11.5 Å². The molecule has 0 aliphatic carbocycles. The molecule has 0 radical (unpaired) electrons. The van der Waals surface area contributed by atoms with Crippen molar-refractivity contribution >= 4 is 0 Å². The summed E-state index contributed by atoms with van der Waals surface area (Å²) in [4.78, 5) is 0. The summed E-state index contributed by atoms with van der Waals surface area (Å²) < 4.78 is 0. The fourth-order valence-corrected chi connectivity index (χ4v) is 0.614. The van der Waals surface area contributed by atoms with Gasteiger partial charge in [-0.3, -0.25) is 0 Å². The fourth-order valence-electron chi connectivity index (χ4n) is 0.614. The molecule has 0 amide bonds. The lowest BCUT2D eigenvalue weighted by Crippen LogP contribution is -2.06. The molecule has 12 heavy (non-hydrogen) atoms. The SMILES string of the molecule is CC(C)N.NCc1ccccc1. The summed E-state index contributed by atoms with van der Waals surface area (Å²) in [6.45, 7) is 4.53. The largest absolute Gasteiger partial charge is 0.328 e. The highest BCUT2D eigenvalue weighted by molar-refractivity contribution is 5.13. The van der Waals surface area contributed by atoms with E-state index in [0.29, 0.717) is 12.6 Å². The summed E-state index contributed by atoms with van der Waals surface area (Å²) >= 11 is 0. The Morgan fingerprint density at radius 2 is 1.58 bits per heavy atom. The van der Waals surface area contributed by atoms with Gasteiger partial charge < -0.3 is 11.5 Å². The van der Waals surface area contributed by atoms with Crippen molar-refractivity contribution in [1.82, 2.24) is 0 Å². The molecule has 0 fully saturated rings. The summed E-state index contributed by atoms with van der Waals surface area (Å²) in [5, 5.41) is 0. The molecular formula is C10H18N2. The Balaban J connectivity index is 0.000000261. The van der Waals surface area contributed by atoms with Crippen LogP contribution in [-0.4, -0.2) is 6.04 Å². The highest BCUT2D eigenvalue weighted by Gasteiger charge is 1.80. The smallest absolute Gasteiger partial charge is 0.0178 e. The summed E-state index contributed by atoms with van der Waals surface area (Å²) in [7, 11) is 0. The maximum Gasteiger partial charge on any atom is 0.0178 e. The second kappa shape index (κ2) is 6.83. The second-order valence-corrected chi connectivity index (χ2v) is 2.93. The Kier molecular flexibility index (Phi) is 6.34. The summed E-state index contributed by atoms with van der Waals surface area (Å²) in [5.74, 6) is 0. The van der Waals surface area contributed by atoms with Crippen LogP contribution in [0.5, 0.6) is 0 Å². The van der Waals surface area contributed by atoms with Crippen molar-refractivity contribution in [2.24, 2.45) is 11.5 Å². The Morgan fingerprint density at radius 3 is 1.83 bits per heavy atom. The standard InChI is InChI=1S/C7H9N.C3H9N/c8-6-7-4-2-1-3-5-7;1-3(2)4/h1-5H,6,8H2;3H,4H2,1-2H3. The molecule has 0 heterocycles. The molecule has 0 saturated heterocycles. The number of hydrogen-bond donors (Lipinski definition) is 2. The van der Waals surface area contributed by atoms with Gasteiger partial charge in [0, 0.05) is 6.54 Å². The summed E-state index contributed by atoms with van der Waals surface area (Å²) in [6, 6.07) is 10.3. The van der Waals surface area contributed by atoms with Crippen LogP contribution in [0.25, 0.3) is 0 Å². The van der Waals surface area contributed by atoms with Crippen LogP contribution in [0.4, 0.5) is 0 Å². The monoisotopic (exact) mass is 166 g/mol. The zero-order valence-electron chi connectivity index (χ0n) is 7.83. The summed E-state index contributed by atoms with van der Waals surface area (Å²) in [6.07, 6.45) is 0. The van der Waals surface area contributed by atoms with E-state index in [1.807, 2.05) is 44.2 Å². The predicted octanol–water partition coefficient (Wildman–Crippen LogP) is 1.50. The lowest BCUT2D eigenvalue weighted by molar-refractivity contribution is 0.834. The minimum absolute atomic E-state index is 0.333. The molecule has 68 valence electrons. The molecule has 2 heteroatoms. The van der Waals surface area contributed by atoms with Crippen LogP contribution in [0.2, 0.25) is 0 Å². The maximum atomic E-state index is 5.35. The topological polar surface area (TPSA) is 52.0 Å². The zero-order valence-corrected chi connectivity index (χ0v) is 7.83. The second-order valence-electron chi connectivity index (χ2n) is 2.93. The Labute approximate surface area is 74.6 Å². The van der Waals surface area contributed by atoms with Crippen LogP contribution in [0, 0.1) is 0 Å². The van der Waals surface area contributed by atoms with Crippen molar-refractivity contribution in [1.29, 1.82) is 0 Å². The van der Waals surface area contributed by atoms with Gasteiger partial charge in [0.2, 0.25) is 0 Å². The molecule has 0 spiro atoms. The van der Waals surface area contributed by atoms with E-state index in [9.17, 15) is 0 Å². The van der Waals surface area contributed by atoms with Gasteiger partial charge in [0.15, 0.2) is 0 Å². The van der Waals surface area contributed by atoms with E-state index in [1.165, 1.54) is 5.56 Å². The van der Waals surface area contributed by atoms with E-state index in [-0.39, 0.29) is 0 Å². The predicted molar refractivity (Wildman–Crippen MR) is 53.7 cm³/mol. The molecule has 0 bridgehead atoms. The lowest BCUT2D eigenvalue weighted by atomic mass is 10.2. The molecule has 1 aromatic rings. The average molecular weight is 166 g/mol. The normalized spacial score (nSPS) is 9.08. The quantitative estimate of drug-likeness (QED) is 0.664. The van der Waals surface area contributed by atoms with Gasteiger partial charge in [-0.25, -0.2) is 0 Å². The highest BCUT2D eigenvalue weighted by atomic mass is 14.6. The Hall–Kier alpha value is -0.860. The van der Waals surface area contributed by atoms with Crippen molar-refractivity contribution in [2.75, 3.05) is 0 Å². The van der Waals surface area contributed by atoms with Gasteiger partial charge >= 0.3 is 0 Å². The van der Waals surface area contributed by atoms with E-state index in [2.05, 4.69) is 0 Å². The van der Waals surface area contributed by atoms with Gasteiger partial charge in [-0.1, -0.05) is 44.2 Å². The van der Waals surface area contributed by atoms with Gasteiger partial charge in [-0.15, -0.1) is 0 Å². The maximum absolute atomic E-state index is 5.35. The van der Waals surface area contributed by atoms with E-state index in [1.54, 1.807) is 0 Å². The van der Waals surface area contributed by atoms with Gasteiger partial charge in [0.1, 0.15) is 0 Å². The van der Waals surface area contributed by atoms with E-state index in [4.69, 9.17) is 11.5 Å². The molecule has 0 saturated carbocycles. The van der Waals surface area contributed by atoms with E-state index >= 15 is 0 Å². The van der Waals surface area contributed by atoms with Crippen LogP contribution in [-0.2, 0) is 6.54 Å².